The van der Waals surface area contributed by atoms with E-state index in [4.69, 9.17) is 22.1 Å². The molecule has 5 nitrogen and oxygen atoms in total. The molecule has 1 aromatic heterocycles. The Morgan fingerprint density at radius 2 is 2.25 bits per heavy atom. The number of nitrogens with one attached hydrogen (secondary N) is 1. The molecule has 8 heteroatoms. The molecule has 1 amide bonds. The van der Waals surface area contributed by atoms with Gasteiger partial charge in [-0.25, -0.2) is 4.98 Å². The third-order valence-electron chi connectivity index (χ3n) is 4.03. The van der Waals surface area contributed by atoms with Crippen LogP contribution in [0.2, 0.25) is 5.02 Å². The van der Waals surface area contributed by atoms with E-state index in [1.807, 2.05) is 11.4 Å². The number of aromatic nitrogens is 1. The molecule has 3 rings (SSSR count). The van der Waals surface area contributed by atoms with E-state index in [0.29, 0.717) is 15.9 Å². The van der Waals surface area contributed by atoms with Crippen molar-refractivity contribution in [1.29, 1.82) is 0 Å². The first-order chi connectivity index (χ1) is 11.1. The van der Waals surface area contributed by atoms with Crippen molar-refractivity contribution in [2.45, 2.75) is 25.3 Å². The van der Waals surface area contributed by atoms with Crippen LogP contribution in [0.3, 0.4) is 0 Å². The van der Waals surface area contributed by atoms with Crippen LogP contribution in [0, 0.1) is 5.92 Å². The van der Waals surface area contributed by atoms with Crippen LogP contribution in [0.25, 0.3) is 11.3 Å². The fourth-order valence-electron chi connectivity index (χ4n) is 2.75. The van der Waals surface area contributed by atoms with Gasteiger partial charge in [0.15, 0.2) is 5.13 Å². The van der Waals surface area contributed by atoms with Gasteiger partial charge in [0.05, 0.1) is 17.8 Å². The van der Waals surface area contributed by atoms with Crippen LogP contribution >= 0.6 is 35.3 Å². The maximum absolute atomic E-state index is 12.2. The number of methoxy groups -OCH3 is 1. The third-order valence-corrected chi connectivity index (χ3v) is 5.08. The summed E-state index contributed by atoms with van der Waals surface area (Å²) in [6.45, 7) is 0. The number of anilines is 1. The summed E-state index contributed by atoms with van der Waals surface area (Å²) in [5.74, 6) is 0.621. The van der Waals surface area contributed by atoms with Gasteiger partial charge in [-0.2, -0.15) is 0 Å². The molecule has 0 spiro atoms. The number of amides is 1. The molecule has 130 valence electrons. The molecule has 0 saturated heterocycles. The SMILES string of the molecule is COc1ccc(-c2csc(NC(=O)C3CCC(N)C3)n2)cc1Cl.Cl. The molecule has 1 aliphatic rings. The standard InChI is InChI=1S/C16H18ClN3O2S.ClH/c1-22-14-5-3-9(7-12(14)17)13-8-23-16(19-13)20-15(21)10-2-4-11(18)6-10;/h3,5,7-8,10-11H,2,4,6,18H2,1H3,(H,19,20,21);1H. The Labute approximate surface area is 156 Å². The topological polar surface area (TPSA) is 77.2 Å². The second-order valence-electron chi connectivity index (χ2n) is 5.65. The van der Waals surface area contributed by atoms with Crippen LogP contribution in [-0.2, 0) is 4.79 Å². The van der Waals surface area contributed by atoms with Crippen molar-refractivity contribution in [2.24, 2.45) is 11.7 Å². The number of nitrogens with zero attached hydrogens (tertiary/aromatic N) is 1. The van der Waals surface area contributed by atoms with Crippen molar-refractivity contribution in [2.75, 3.05) is 12.4 Å². The van der Waals surface area contributed by atoms with Crippen molar-refractivity contribution in [3.63, 3.8) is 0 Å². The van der Waals surface area contributed by atoms with E-state index < -0.39 is 0 Å². The molecule has 2 aromatic rings. The summed E-state index contributed by atoms with van der Waals surface area (Å²) < 4.78 is 5.14. The van der Waals surface area contributed by atoms with Gasteiger partial charge in [0.2, 0.25) is 5.91 Å². The van der Waals surface area contributed by atoms with Gasteiger partial charge in [0.1, 0.15) is 5.75 Å². The van der Waals surface area contributed by atoms with E-state index in [0.717, 1.165) is 30.5 Å². The highest BCUT2D eigenvalue weighted by molar-refractivity contribution is 7.14. The van der Waals surface area contributed by atoms with E-state index in [2.05, 4.69) is 10.3 Å². The van der Waals surface area contributed by atoms with Crippen LogP contribution in [-0.4, -0.2) is 24.0 Å². The predicted octanol–water partition coefficient (Wildman–Crippen LogP) is 3.96. The van der Waals surface area contributed by atoms with Gasteiger partial charge in [0.25, 0.3) is 0 Å². The van der Waals surface area contributed by atoms with Gasteiger partial charge in [-0.3, -0.25) is 4.79 Å². The zero-order chi connectivity index (χ0) is 16.4. The second-order valence-corrected chi connectivity index (χ2v) is 6.91. The Morgan fingerprint density at radius 3 is 2.88 bits per heavy atom. The first-order valence-electron chi connectivity index (χ1n) is 7.42. The minimum atomic E-state index is -0.00668. The Kier molecular flexibility index (Phi) is 6.46. The fourth-order valence-corrected chi connectivity index (χ4v) is 3.73. The van der Waals surface area contributed by atoms with Crippen LogP contribution in [0.15, 0.2) is 23.6 Å². The van der Waals surface area contributed by atoms with Gasteiger partial charge in [0, 0.05) is 22.9 Å². The quantitative estimate of drug-likeness (QED) is 0.831. The number of rotatable bonds is 4. The number of benzene rings is 1. The molecular formula is C16H19Cl2N3O2S. The van der Waals surface area contributed by atoms with Crippen LogP contribution in [0.5, 0.6) is 5.75 Å². The Bertz CT molecular complexity index is 723. The molecule has 0 radical (unpaired) electrons. The smallest absolute Gasteiger partial charge is 0.229 e. The van der Waals surface area contributed by atoms with Crippen LogP contribution in [0.1, 0.15) is 19.3 Å². The lowest BCUT2D eigenvalue weighted by atomic mass is 10.1. The number of thiazole rings is 1. The largest absolute Gasteiger partial charge is 0.495 e. The summed E-state index contributed by atoms with van der Waals surface area (Å²) in [4.78, 5) is 16.7. The first-order valence-corrected chi connectivity index (χ1v) is 8.68. The van der Waals surface area contributed by atoms with Crippen LogP contribution < -0.4 is 15.8 Å². The minimum absolute atomic E-state index is 0. The van der Waals surface area contributed by atoms with Crippen molar-refractivity contribution in [1.82, 2.24) is 4.98 Å². The zero-order valence-electron chi connectivity index (χ0n) is 13.1. The van der Waals surface area contributed by atoms with Crippen LogP contribution in [0.4, 0.5) is 5.13 Å². The number of nitrogens with two attached hydrogens (primary N) is 1. The molecular weight excluding hydrogens is 369 g/mol. The maximum Gasteiger partial charge on any atom is 0.229 e. The summed E-state index contributed by atoms with van der Waals surface area (Å²) in [6, 6.07) is 5.63. The maximum atomic E-state index is 12.2. The summed E-state index contributed by atoms with van der Waals surface area (Å²) in [5.41, 5.74) is 7.52. The lowest BCUT2D eigenvalue weighted by molar-refractivity contribution is -0.119. The minimum Gasteiger partial charge on any atom is -0.495 e. The number of carbonyl (C=O) groups is 1. The number of carbonyl (C=O) groups excluding carboxylic acids is 1. The monoisotopic (exact) mass is 387 g/mol. The molecule has 1 aromatic carbocycles. The first kappa shape index (κ1) is 19.0. The second kappa shape index (κ2) is 8.16. The van der Waals surface area contributed by atoms with Crippen molar-refractivity contribution < 1.29 is 9.53 Å². The molecule has 3 N–H and O–H groups in total. The summed E-state index contributed by atoms with van der Waals surface area (Å²) in [7, 11) is 1.58. The van der Waals surface area contributed by atoms with E-state index >= 15 is 0 Å². The number of halogens is 2. The van der Waals surface area contributed by atoms with Crippen molar-refractivity contribution >= 4 is 46.4 Å². The normalized spacial score (nSPS) is 19.6. The molecule has 24 heavy (non-hydrogen) atoms. The van der Waals surface area contributed by atoms with Gasteiger partial charge in [-0.15, -0.1) is 23.7 Å². The summed E-state index contributed by atoms with van der Waals surface area (Å²) in [5, 5.41) is 5.91. The van der Waals surface area contributed by atoms with Gasteiger partial charge >= 0.3 is 0 Å². The zero-order valence-corrected chi connectivity index (χ0v) is 15.5. The Balaban J connectivity index is 0.00000208. The molecule has 1 heterocycles. The number of hydrogen-bond acceptors (Lipinski definition) is 5. The fraction of sp³-hybridized carbons (Fsp3) is 0.375. The lowest BCUT2D eigenvalue weighted by Crippen LogP contribution is -2.23. The van der Waals surface area contributed by atoms with E-state index in [1.165, 1.54) is 11.3 Å². The van der Waals surface area contributed by atoms with Gasteiger partial charge in [-0.05, 0) is 37.5 Å². The van der Waals surface area contributed by atoms with Gasteiger partial charge < -0.3 is 15.8 Å². The molecule has 2 atom stereocenters. The highest BCUT2D eigenvalue weighted by Gasteiger charge is 2.28. The van der Waals surface area contributed by atoms with E-state index in [-0.39, 0.29) is 30.3 Å². The number of hydrogen-bond donors (Lipinski definition) is 2. The van der Waals surface area contributed by atoms with Crippen molar-refractivity contribution in [3.05, 3.63) is 28.6 Å². The lowest BCUT2D eigenvalue weighted by Gasteiger charge is -2.08. The summed E-state index contributed by atoms with van der Waals surface area (Å²) in [6.07, 6.45) is 2.50. The molecule has 1 fully saturated rings. The molecule has 0 bridgehead atoms. The molecule has 2 unspecified atom stereocenters. The third kappa shape index (κ3) is 4.19. The number of ether oxygens (including phenoxy) is 1. The highest BCUT2D eigenvalue weighted by atomic mass is 35.5. The van der Waals surface area contributed by atoms with E-state index in [1.54, 1.807) is 19.2 Å². The highest BCUT2D eigenvalue weighted by Crippen LogP contribution is 2.32. The summed E-state index contributed by atoms with van der Waals surface area (Å²) >= 11 is 7.54. The predicted molar refractivity (Wildman–Crippen MR) is 100 cm³/mol. The van der Waals surface area contributed by atoms with Crippen molar-refractivity contribution in [3.8, 4) is 17.0 Å². The molecule has 0 aliphatic heterocycles. The van der Waals surface area contributed by atoms with E-state index in [9.17, 15) is 4.79 Å². The Morgan fingerprint density at radius 1 is 1.46 bits per heavy atom. The average Bonchev–Trinajstić information content (AvgIpc) is 3.16. The Hall–Kier alpha value is -1.34. The van der Waals surface area contributed by atoms with Gasteiger partial charge in [-0.1, -0.05) is 11.6 Å². The molecule has 1 aliphatic carbocycles. The molecule has 1 saturated carbocycles. The average molecular weight is 388 g/mol.